The summed E-state index contributed by atoms with van der Waals surface area (Å²) in [4.78, 5) is 1.34. The van der Waals surface area contributed by atoms with Crippen LogP contribution in [0.5, 0.6) is 0 Å². The van der Waals surface area contributed by atoms with Gasteiger partial charge >= 0.3 is 0 Å². The SMILES string of the molecule is N#Cc1sc(-c2cccc(Cl)c2Cl)cc1N. The van der Waals surface area contributed by atoms with E-state index in [4.69, 9.17) is 34.2 Å². The fourth-order valence-electron chi connectivity index (χ4n) is 1.32. The quantitative estimate of drug-likeness (QED) is 0.844. The van der Waals surface area contributed by atoms with Crippen LogP contribution in [0, 0.1) is 11.3 Å². The van der Waals surface area contributed by atoms with E-state index >= 15 is 0 Å². The van der Waals surface area contributed by atoms with Gasteiger partial charge in [-0.15, -0.1) is 11.3 Å². The van der Waals surface area contributed by atoms with Gasteiger partial charge < -0.3 is 5.73 Å². The van der Waals surface area contributed by atoms with Crippen molar-refractivity contribution in [2.45, 2.75) is 0 Å². The molecule has 2 N–H and O–H groups in total. The molecule has 0 atom stereocenters. The average molecular weight is 269 g/mol. The van der Waals surface area contributed by atoms with E-state index in [9.17, 15) is 0 Å². The highest BCUT2D eigenvalue weighted by Gasteiger charge is 2.11. The number of nitrogen functional groups attached to an aromatic ring is 1. The van der Waals surface area contributed by atoms with Crippen LogP contribution >= 0.6 is 34.5 Å². The predicted octanol–water partition coefficient (Wildman–Crippen LogP) is 4.18. The fraction of sp³-hybridized carbons (Fsp3) is 0. The fourth-order valence-corrected chi connectivity index (χ4v) is 2.69. The van der Waals surface area contributed by atoms with Gasteiger partial charge in [-0.05, 0) is 12.1 Å². The molecular weight excluding hydrogens is 263 g/mol. The Hall–Kier alpha value is -1.21. The van der Waals surface area contributed by atoms with E-state index in [0.717, 1.165) is 10.4 Å². The monoisotopic (exact) mass is 268 g/mol. The van der Waals surface area contributed by atoms with Gasteiger partial charge in [0.05, 0.1) is 15.7 Å². The smallest absolute Gasteiger partial charge is 0.128 e. The van der Waals surface area contributed by atoms with E-state index in [1.807, 2.05) is 18.2 Å². The van der Waals surface area contributed by atoms with Crippen LogP contribution in [-0.2, 0) is 0 Å². The van der Waals surface area contributed by atoms with Crippen LogP contribution in [0.25, 0.3) is 10.4 Å². The molecule has 5 heteroatoms. The zero-order chi connectivity index (χ0) is 11.7. The van der Waals surface area contributed by atoms with E-state index in [1.165, 1.54) is 11.3 Å². The molecule has 2 rings (SSSR count). The molecule has 0 amide bonds. The summed E-state index contributed by atoms with van der Waals surface area (Å²) in [6.45, 7) is 0. The minimum Gasteiger partial charge on any atom is -0.397 e. The van der Waals surface area contributed by atoms with Crippen LogP contribution in [0.2, 0.25) is 10.0 Å². The Balaban J connectivity index is 2.60. The lowest BCUT2D eigenvalue weighted by Crippen LogP contribution is -1.81. The molecule has 0 radical (unpaired) electrons. The summed E-state index contributed by atoms with van der Waals surface area (Å²) < 4.78 is 0. The maximum Gasteiger partial charge on any atom is 0.128 e. The second-order valence-corrected chi connectivity index (χ2v) is 4.95. The number of thiophene rings is 1. The Kier molecular flexibility index (Phi) is 3.06. The third-order valence-corrected chi connectivity index (χ3v) is 3.99. The van der Waals surface area contributed by atoms with Crippen LogP contribution in [0.1, 0.15) is 4.88 Å². The Morgan fingerprint density at radius 2 is 2.06 bits per heavy atom. The third-order valence-electron chi connectivity index (χ3n) is 2.08. The minimum atomic E-state index is 0.471. The Morgan fingerprint density at radius 1 is 1.31 bits per heavy atom. The number of nitrogens with two attached hydrogens (primary N) is 1. The predicted molar refractivity (Wildman–Crippen MR) is 68.9 cm³/mol. The molecule has 0 fully saturated rings. The van der Waals surface area contributed by atoms with Gasteiger partial charge in [0.15, 0.2) is 0 Å². The number of anilines is 1. The number of nitrogens with zero attached hydrogens (tertiary/aromatic N) is 1. The summed E-state index contributed by atoms with van der Waals surface area (Å²) in [5.41, 5.74) is 6.96. The summed E-state index contributed by atoms with van der Waals surface area (Å²) in [5.74, 6) is 0. The van der Waals surface area contributed by atoms with Crippen molar-refractivity contribution in [1.29, 1.82) is 5.26 Å². The van der Waals surface area contributed by atoms with Crippen molar-refractivity contribution < 1.29 is 0 Å². The van der Waals surface area contributed by atoms with E-state index < -0.39 is 0 Å². The zero-order valence-corrected chi connectivity index (χ0v) is 10.3. The summed E-state index contributed by atoms with van der Waals surface area (Å²) in [6, 6.07) is 9.15. The van der Waals surface area contributed by atoms with Gasteiger partial charge in [-0.1, -0.05) is 35.3 Å². The lowest BCUT2D eigenvalue weighted by Gasteiger charge is -2.01. The van der Waals surface area contributed by atoms with Crippen LogP contribution in [-0.4, -0.2) is 0 Å². The first-order chi connectivity index (χ1) is 7.63. The molecule has 0 saturated carbocycles. The summed E-state index contributed by atoms with van der Waals surface area (Å²) >= 11 is 13.3. The van der Waals surface area contributed by atoms with Gasteiger partial charge in [0, 0.05) is 10.4 Å². The van der Waals surface area contributed by atoms with Crippen LogP contribution in [0.15, 0.2) is 24.3 Å². The topological polar surface area (TPSA) is 49.8 Å². The molecule has 0 aliphatic carbocycles. The van der Waals surface area contributed by atoms with E-state index in [-0.39, 0.29) is 0 Å². The first kappa shape index (κ1) is 11.3. The molecule has 1 aromatic heterocycles. The Morgan fingerprint density at radius 3 is 2.69 bits per heavy atom. The van der Waals surface area contributed by atoms with E-state index in [0.29, 0.717) is 20.6 Å². The molecule has 80 valence electrons. The molecule has 0 saturated heterocycles. The summed E-state index contributed by atoms with van der Waals surface area (Å²) in [7, 11) is 0. The lowest BCUT2D eigenvalue weighted by molar-refractivity contribution is 1.52. The number of halogens is 2. The minimum absolute atomic E-state index is 0.471. The molecular formula is C11H6Cl2N2S. The van der Waals surface area contributed by atoms with Crippen molar-refractivity contribution in [3.63, 3.8) is 0 Å². The number of rotatable bonds is 1. The molecule has 2 aromatic rings. The highest BCUT2D eigenvalue weighted by Crippen LogP contribution is 2.39. The van der Waals surface area contributed by atoms with Crippen molar-refractivity contribution in [1.82, 2.24) is 0 Å². The van der Waals surface area contributed by atoms with Crippen molar-refractivity contribution >= 4 is 40.2 Å². The highest BCUT2D eigenvalue weighted by atomic mass is 35.5. The molecule has 1 heterocycles. The molecule has 2 nitrogen and oxygen atoms in total. The molecule has 0 aliphatic heterocycles. The van der Waals surface area contributed by atoms with Crippen molar-refractivity contribution in [3.8, 4) is 16.5 Å². The van der Waals surface area contributed by atoms with Gasteiger partial charge in [0.1, 0.15) is 10.9 Å². The van der Waals surface area contributed by atoms with E-state index in [2.05, 4.69) is 0 Å². The lowest BCUT2D eigenvalue weighted by atomic mass is 10.2. The number of hydrogen-bond donors (Lipinski definition) is 1. The molecule has 16 heavy (non-hydrogen) atoms. The molecule has 0 aliphatic rings. The average Bonchev–Trinajstić information content (AvgIpc) is 2.63. The van der Waals surface area contributed by atoms with Gasteiger partial charge in [-0.3, -0.25) is 0 Å². The zero-order valence-electron chi connectivity index (χ0n) is 8.00. The third kappa shape index (κ3) is 1.88. The summed E-state index contributed by atoms with van der Waals surface area (Å²) in [6.07, 6.45) is 0. The van der Waals surface area contributed by atoms with Crippen LogP contribution in [0.4, 0.5) is 5.69 Å². The van der Waals surface area contributed by atoms with Crippen LogP contribution < -0.4 is 5.73 Å². The molecule has 1 aromatic carbocycles. The van der Waals surface area contributed by atoms with Gasteiger partial charge in [-0.25, -0.2) is 0 Å². The normalized spacial score (nSPS) is 10.1. The molecule has 0 spiro atoms. The standard InChI is InChI=1S/C11H6Cl2N2S/c12-7-3-1-2-6(11(7)13)9-4-8(15)10(5-14)16-9/h1-4H,15H2. The van der Waals surface area contributed by atoms with Crippen molar-refractivity contribution in [2.24, 2.45) is 0 Å². The first-order valence-corrected chi connectivity index (χ1v) is 5.94. The van der Waals surface area contributed by atoms with Gasteiger partial charge in [-0.2, -0.15) is 5.26 Å². The number of nitriles is 1. The molecule has 0 unspecified atom stereocenters. The first-order valence-electron chi connectivity index (χ1n) is 4.37. The maximum absolute atomic E-state index is 8.82. The Bertz CT molecular complexity index is 584. The van der Waals surface area contributed by atoms with Gasteiger partial charge in [0.2, 0.25) is 0 Å². The van der Waals surface area contributed by atoms with Crippen LogP contribution in [0.3, 0.4) is 0 Å². The Labute approximate surface area is 107 Å². The van der Waals surface area contributed by atoms with Crippen molar-refractivity contribution in [3.05, 3.63) is 39.2 Å². The second-order valence-electron chi connectivity index (χ2n) is 3.11. The van der Waals surface area contributed by atoms with E-state index in [1.54, 1.807) is 12.1 Å². The van der Waals surface area contributed by atoms with Gasteiger partial charge in [0.25, 0.3) is 0 Å². The highest BCUT2D eigenvalue weighted by molar-refractivity contribution is 7.16. The molecule has 0 bridgehead atoms. The second kappa shape index (κ2) is 4.34. The van der Waals surface area contributed by atoms with Crippen molar-refractivity contribution in [2.75, 3.05) is 5.73 Å². The largest absolute Gasteiger partial charge is 0.397 e. The number of benzene rings is 1. The maximum atomic E-state index is 8.82. The summed E-state index contributed by atoms with van der Waals surface area (Å²) in [5, 5.41) is 9.80. The number of hydrogen-bond acceptors (Lipinski definition) is 3.